The fourth-order valence-corrected chi connectivity index (χ4v) is 4.38. The van der Waals surface area contributed by atoms with Crippen molar-refractivity contribution in [1.82, 2.24) is 10.3 Å². The maximum absolute atomic E-state index is 14.8. The van der Waals surface area contributed by atoms with Crippen LogP contribution in [0.2, 0.25) is 5.02 Å². The Kier molecular flexibility index (Phi) is 7.20. The van der Waals surface area contributed by atoms with E-state index < -0.39 is 18.4 Å². The molecular formula is C25H19ClFN3O3S. The highest BCUT2D eigenvalue weighted by Crippen LogP contribution is 2.36. The summed E-state index contributed by atoms with van der Waals surface area (Å²) in [6, 6.07) is 20.5. The molecule has 0 aliphatic heterocycles. The number of carbonyl (C=O) groups excluding carboxylic acids is 1. The Bertz CT molecular complexity index is 1330. The van der Waals surface area contributed by atoms with Crippen molar-refractivity contribution >= 4 is 45.6 Å². The fraction of sp³-hybridized carbons (Fsp3) is 0.0800. The molecule has 172 valence electrons. The number of thiazole rings is 1. The molecule has 0 fully saturated rings. The molecule has 1 amide bonds. The molecule has 34 heavy (non-hydrogen) atoms. The van der Waals surface area contributed by atoms with E-state index in [1.54, 1.807) is 53.4 Å². The Morgan fingerprint density at radius 2 is 1.74 bits per heavy atom. The summed E-state index contributed by atoms with van der Waals surface area (Å²) < 4.78 is 14.8. The topological polar surface area (TPSA) is 82.5 Å². The Morgan fingerprint density at radius 1 is 1.03 bits per heavy atom. The highest BCUT2D eigenvalue weighted by molar-refractivity contribution is 7.14. The standard InChI is InChI=1S/C25H19ClFN3O3S/c26-19-6-2-1-5-18(19)21-15-34-25(29-21)30(22-8-4-3-7-20(22)27)14-16-9-11-17(12-10-16)24(33)28-13-23(31)32/h1-12,15H,13-14H2,(H,28,33)(H,31,32). The number of amides is 1. The van der Waals surface area contributed by atoms with E-state index in [1.165, 1.54) is 17.4 Å². The molecule has 3 aromatic carbocycles. The molecule has 0 atom stereocenters. The van der Waals surface area contributed by atoms with Gasteiger partial charge in [0.25, 0.3) is 5.91 Å². The van der Waals surface area contributed by atoms with Crippen LogP contribution in [0.25, 0.3) is 11.3 Å². The van der Waals surface area contributed by atoms with Gasteiger partial charge in [-0.15, -0.1) is 11.3 Å². The van der Waals surface area contributed by atoms with Gasteiger partial charge in [0.2, 0.25) is 0 Å². The Balaban J connectivity index is 1.62. The molecule has 0 unspecified atom stereocenters. The van der Waals surface area contributed by atoms with Gasteiger partial charge in [0.05, 0.1) is 17.9 Å². The van der Waals surface area contributed by atoms with Gasteiger partial charge in [0.1, 0.15) is 12.4 Å². The number of carboxylic acids is 1. The highest BCUT2D eigenvalue weighted by Gasteiger charge is 2.19. The van der Waals surface area contributed by atoms with Crippen LogP contribution in [0, 0.1) is 5.82 Å². The minimum Gasteiger partial charge on any atom is -0.480 e. The van der Waals surface area contributed by atoms with Crippen molar-refractivity contribution in [2.24, 2.45) is 0 Å². The highest BCUT2D eigenvalue weighted by atomic mass is 35.5. The number of para-hydroxylation sites is 1. The molecule has 0 bridgehead atoms. The zero-order valence-electron chi connectivity index (χ0n) is 17.7. The van der Waals surface area contributed by atoms with Crippen molar-refractivity contribution in [2.45, 2.75) is 6.54 Å². The van der Waals surface area contributed by atoms with Gasteiger partial charge < -0.3 is 15.3 Å². The van der Waals surface area contributed by atoms with Gasteiger partial charge in [-0.3, -0.25) is 9.59 Å². The summed E-state index contributed by atoms with van der Waals surface area (Å²) >= 11 is 7.70. The maximum Gasteiger partial charge on any atom is 0.322 e. The molecule has 0 saturated heterocycles. The number of hydrogen-bond acceptors (Lipinski definition) is 5. The molecule has 9 heteroatoms. The molecule has 0 spiro atoms. The van der Waals surface area contributed by atoms with E-state index in [1.807, 2.05) is 23.6 Å². The third-order valence-electron chi connectivity index (χ3n) is 4.97. The number of aromatic nitrogens is 1. The summed E-state index contributed by atoms with van der Waals surface area (Å²) in [4.78, 5) is 29.2. The number of benzene rings is 3. The monoisotopic (exact) mass is 495 g/mol. The fourth-order valence-electron chi connectivity index (χ4n) is 3.31. The summed E-state index contributed by atoms with van der Waals surface area (Å²) in [5.41, 5.74) is 2.99. The number of anilines is 2. The van der Waals surface area contributed by atoms with Crippen LogP contribution >= 0.6 is 22.9 Å². The molecule has 2 N–H and O–H groups in total. The van der Waals surface area contributed by atoms with Gasteiger partial charge >= 0.3 is 5.97 Å². The van der Waals surface area contributed by atoms with Crippen LogP contribution in [0.1, 0.15) is 15.9 Å². The minimum atomic E-state index is -1.12. The largest absolute Gasteiger partial charge is 0.480 e. The van der Waals surface area contributed by atoms with Crippen molar-refractivity contribution in [1.29, 1.82) is 0 Å². The van der Waals surface area contributed by atoms with Crippen LogP contribution in [0.5, 0.6) is 0 Å². The summed E-state index contributed by atoms with van der Waals surface area (Å²) in [5, 5.41) is 14.1. The van der Waals surface area contributed by atoms with Gasteiger partial charge in [-0.05, 0) is 35.9 Å². The van der Waals surface area contributed by atoms with Crippen molar-refractivity contribution in [2.75, 3.05) is 11.4 Å². The summed E-state index contributed by atoms with van der Waals surface area (Å²) in [7, 11) is 0. The molecule has 1 aromatic heterocycles. The number of aliphatic carboxylic acids is 1. The van der Waals surface area contributed by atoms with Crippen LogP contribution in [-0.2, 0) is 11.3 Å². The normalized spacial score (nSPS) is 10.6. The van der Waals surface area contributed by atoms with E-state index in [0.717, 1.165) is 11.1 Å². The smallest absolute Gasteiger partial charge is 0.322 e. The van der Waals surface area contributed by atoms with Crippen molar-refractivity contribution in [3.05, 3.63) is 100 Å². The van der Waals surface area contributed by atoms with Gasteiger partial charge in [-0.25, -0.2) is 9.37 Å². The number of nitrogens with one attached hydrogen (secondary N) is 1. The number of halogens is 2. The first-order chi connectivity index (χ1) is 16.4. The molecular weight excluding hydrogens is 477 g/mol. The summed E-state index contributed by atoms with van der Waals surface area (Å²) in [6.07, 6.45) is 0. The number of rotatable bonds is 8. The minimum absolute atomic E-state index is 0.299. The van der Waals surface area contributed by atoms with Gasteiger partial charge in [-0.1, -0.05) is 54.1 Å². The average Bonchev–Trinajstić information content (AvgIpc) is 3.32. The number of hydrogen-bond donors (Lipinski definition) is 2. The van der Waals surface area contributed by atoms with Crippen LogP contribution in [0.3, 0.4) is 0 Å². The second-order valence-corrected chi connectivity index (χ2v) is 8.55. The summed E-state index contributed by atoms with van der Waals surface area (Å²) in [5.74, 6) is -1.99. The van der Waals surface area contributed by atoms with Crippen molar-refractivity contribution < 1.29 is 19.1 Å². The predicted octanol–water partition coefficient (Wildman–Crippen LogP) is 5.76. The number of nitrogens with zero attached hydrogens (tertiary/aromatic N) is 2. The van der Waals surface area contributed by atoms with Gasteiger partial charge in [0, 0.05) is 21.5 Å². The van der Waals surface area contributed by atoms with Crippen LogP contribution in [0.4, 0.5) is 15.2 Å². The lowest BCUT2D eigenvalue weighted by Gasteiger charge is -2.23. The lowest BCUT2D eigenvalue weighted by molar-refractivity contribution is -0.135. The lowest BCUT2D eigenvalue weighted by Crippen LogP contribution is -2.29. The second kappa shape index (κ2) is 10.5. The molecule has 4 rings (SSSR count). The van der Waals surface area contributed by atoms with Crippen LogP contribution < -0.4 is 10.2 Å². The van der Waals surface area contributed by atoms with E-state index in [2.05, 4.69) is 5.32 Å². The Morgan fingerprint density at radius 3 is 2.44 bits per heavy atom. The lowest BCUT2D eigenvalue weighted by atomic mass is 10.1. The predicted molar refractivity (Wildman–Crippen MR) is 131 cm³/mol. The van der Waals surface area contributed by atoms with Gasteiger partial charge in [0.15, 0.2) is 5.13 Å². The quantitative estimate of drug-likeness (QED) is 0.325. The molecule has 6 nitrogen and oxygen atoms in total. The second-order valence-electron chi connectivity index (χ2n) is 7.31. The Labute approximate surface area is 204 Å². The first kappa shape index (κ1) is 23.4. The first-order valence-corrected chi connectivity index (χ1v) is 11.5. The maximum atomic E-state index is 14.8. The zero-order valence-corrected chi connectivity index (χ0v) is 19.3. The molecule has 0 saturated carbocycles. The molecule has 4 aromatic rings. The van der Waals surface area contributed by atoms with Crippen molar-refractivity contribution in [3.8, 4) is 11.3 Å². The van der Waals surface area contributed by atoms with Crippen LogP contribution in [0.15, 0.2) is 78.2 Å². The molecule has 0 radical (unpaired) electrons. The van der Waals surface area contributed by atoms with Crippen LogP contribution in [-0.4, -0.2) is 28.5 Å². The molecule has 0 aliphatic carbocycles. The third-order valence-corrected chi connectivity index (χ3v) is 6.17. The summed E-state index contributed by atoms with van der Waals surface area (Å²) in [6.45, 7) is -0.160. The van der Waals surface area contributed by atoms with Crippen molar-refractivity contribution in [3.63, 3.8) is 0 Å². The SMILES string of the molecule is O=C(O)CNC(=O)c1ccc(CN(c2nc(-c3ccccc3Cl)cs2)c2ccccc2F)cc1. The van der Waals surface area contributed by atoms with Gasteiger partial charge in [-0.2, -0.15) is 0 Å². The molecule has 0 aliphatic rings. The van der Waals surface area contributed by atoms with E-state index in [-0.39, 0.29) is 5.82 Å². The van der Waals surface area contributed by atoms with E-state index >= 15 is 0 Å². The first-order valence-electron chi connectivity index (χ1n) is 10.2. The van der Waals surface area contributed by atoms with E-state index in [4.69, 9.17) is 21.7 Å². The third kappa shape index (κ3) is 5.41. The number of carboxylic acid groups (broad SMARTS) is 1. The van der Waals surface area contributed by atoms with E-state index in [9.17, 15) is 14.0 Å². The van der Waals surface area contributed by atoms with E-state index in [0.29, 0.717) is 33.6 Å². The average molecular weight is 496 g/mol. The Hall–Kier alpha value is -3.75. The number of carbonyl (C=O) groups is 2. The molecule has 1 heterocycles. The zero-order chi connectivity index (χ0) is 24.1.